The van der Waals surface area contributed by atoms with E-state index in [1.54, 1.807) is 25.1 Å². The summed E-state index contributed by atoms with van der Waals surface area (Å²) in [6.07, 6.45) is 1.03. The molecule has 0 bridgehead atoms. The van der Waals surface area contributed by atoms with Gasteiger partial charge in [-0.1, -0.05) is 19.9 Å². The first-order chi connectivity index (χ1) is 15.3. The summed E-state index contributed by atoms with van der Waals surface area (Å²) in [4.78, 5) is 35.4. The van der Waals surface area contributed by atoms with E-state index in [1.165, 1.54) is 17.7 Å². The molecule has 0 aromatic heterocycles. The van der Waals surface area contributed by atoms with Gasteiger partial charge in [-0.2, -0.15) is 0 Å². The molecule has 1 unspecified atom stereocenters. The van der Waals surface area contributed by atoms with E-state index >= 15 is 0 Å². The molecule has 8 nitrogen and oxygen atoms in total. The van der Waals surface area contributed by atoms with Crippen LogP contribution in [0.1, 0.15) is 49.0 Å². The standard InChI is InChI=1S/C23H27BrN2O6/c1-4-15(3)17-8-11-20(19(24)12-17)32-14-22(28)26-25-21(27)13-31-18-9-6-16(7-10-18)23(29)30-5-2/h6-12,15H,4-5,13-14H2,1-3H3,(H,25,27)(H,26,28). The normalized spacial score (nSPS) is 11.2. The van der Waals surface area contributed by atoms with E-state index < -0.39 is 17.8 Å². The smallest absolute Gasteiger partial charge is 0.338 e. The van der Waals surface area contributed by atoms with Crippen LogP contribution in [-0.2, 0) is 14.3 Å². The zero-order chi connectivity index (χ0) is 23.5. The first-order valence-corrected chi connectivity index (χ1v) is 11.0. The maximum atomic E-state index is 11.9. The average molecular weight is 507 g/mol. The molecule has 172 valence electrons. The predicted molar refractivity (Wildman–Crippen MR) is 123 cm³/mol. The van der Waals surface area contributed by atoms with E-state index in [9.17, 15) is 14.4 Å². The lowest BCUT2D eigenvalue weighted by Gasteiger charge is -2.13. The fourth-order valence-corrected chi connectivity index (χ4v) is 3.09. The number of benzene rings is 2. The Morgan fingerprint density at radius 3 is 2.12 bits per heavy atom. The van der Waals surface area contributed by atoms with Crippen LogP contribution in [0.5, 0.6) is 11.5 Å². The van der Waals surface area contributed by atoms with Crippen molar-refractivity contribution in [1.29, 1.82) is 0 Å². The van der Waals surface area contributed by atoms with Crippen LogP contribution in [-0.4, -0.2) is 37.6 Å². The third-order valence-electron chi connectivity index (χ3n) is 4.57. The van der Waals surface area contributed by atoms with Crippen LogP contribution in [0.15, 0.2) is 46.9 Å². The molecule has 0 aliphatic rings. The number of halogens is 1. The lowest BCUT2D eigenvalue weighted by molar-refractivity contribution is -0.131. The molecule has 2 aromatic carbocycles. The van der Waals surface area contributed by atoms with Gasteiger partial charge >= 0.3 is 5.97 Å². The molecule has 1 atom stereocenters. The molecule has 0 spiro atoms. The SMILES string of the molecule is CCOC(=O)c1ccc(OCC(=O)NNC(=O)COc2ccc(C(C)CC)cc2Br)cc1. The Labute approximate surface area is 195 Å². The fraction of sp³-hybridized carbons (Fsp3) is 0.348. The number of nitrogens with one attached hydrogen (secondary N) is 2. The topological polar surface area (TPSA) is 103 Å². The minimum Gasteiger partial charge on any atom is -0.484 e. The van der Waals surface area contributed by atoms with Gasteiger partial charge in [-0.3, -0.25) is 20.4 Å². The minimum absolute atomic E-state index is 0.266. The van der Waals surface area contributed by atoms with Gasteiger partial charge in [0.1, 0.15) is 11.5 Å². The molecule has 2 N–H and O–H groups in total. The van der Waals surface area contributed by atoms with Gasteiger partial charge < -0.3 is 14.2 Å². The number of esters is 1. The molecule has 2 rings (SSSR count). The molecule has 0 saturated carbocycles. The molecule has 0 aliphatic heterocycles. The number of hydrazine groups is 1. The fourth-order valence-electron chi connectivity index (χ4n) is 2.58. The second kappa shape index (κ2) is 12.7. The van der Waals surface area contributed by atoms with Crippen molar-refractivity contribution in [3.63, 3.8) is 0 Å². The second-order valence-corrected chi connectivity index (χ2v) is 7.77. The highest BCUT2D eigenvalue weighted by Gasteiger charge is 2.11. The highest BCUT2D eigenvalue weighted by molar-refractivity contribution is 9.10. The highest BCUT2D eigenvalue weighted by atomic mass is 79.9. The summed E-state index contributed by atoms with van der Waals surface area (Å²) >= 11 is 3.45. The first-order valence-electron chi connectivity index (χ1n) is 10.2. The Hall–Kier alpha value is -3.07. The van der Waals surface area contributed by atoms with Gasteiger partial charge in [0.25, 0.3) is 11.8 Å². The van der Waals surface area contributed by atoms with Crippen molar-refractivity contribution >= 4 is 33.7 Å². The van der Waals surface area contributed by atoms with Crippen molar-refractivity contribution in [2.45, 2.75) is 33.1 Å². The van der Waals surface area contributed by atoms with E-state index in [2.05, 4.69) is 40.6 Å². The average Bonchev–Trinajstić information content (AvgIpc) is 2.80. The van der Waals surface area contributed by atoms with Crippen molar-refractivity contribution in [2.24, 2.45) is 0 Å². The highest BCUT2D eigenvalue weighted by Crippen LogP contribution is 2.30. The monoisotopic (exact) mass is 506 g/mol. The number of amides is 2. The summed E-state index contributed by atoms with van der Waals surface area (Å²) in [7, 11) is 0. The number of carbonyl (C=O) groups excluding carboxylic acids is 3. The maximum Gasteiger partial charge on any atom is 0.338 e. The van der Waals surface area contributed by atoms with Crippen LogP contribution in [0.4, 0.5) is 0 Å². The van der Waals surface area contributed by atoms with E-state index in [0.29, 0.717) is 23.0 Å². The third kappa shape index (κ3) is 7.88. The van der Waals surface area contributed by atoms with Gasteiger partial charge in [0.15, 0.2) is 13.2 Å². The van der Waals surface area contributed by atoms with Gasteiger partial charge in [0.05, 0.1) is 16.6 Å². The van der Waals surface area contributed by atoms with Gasteiger partial charge in [0, 0.05) is 0 Å². The van der Waals surface area contributed by atoms with Crippen LogP contribution in [0.2, 0.25) is 0 Å². The van der Waals surface area contributed by atoms with Crippen LogP contribution >= 0.6 is 15.9 Å². The summed E-state index contributed by atoms with van der Waals surface area (Å²) in [5.74, 6) is -0.138. The minimum atomic E-state index is -0.549. The summed E-state index contributed by atoms with van der Waals surface area (Å²) < 4.78 is 16.5. The Bertz CT molecular complexity index is 933. The molecular weight excluding hydrogens is 480 g/mol. The Morgan fingerprint density at radius 2 is 1.56 bits per heavy atom. The molecule has 0 radical (unpaired) electrons. The van der Waals surface area contributed by atoms with E-state index in [4.69, 9.17) is 14.2 Å². The summed E-state index contributed by atoms with van der Waals surface area (Å²) in [6.45, 7) is 5.69. The largest absolute Gasteiger partial charge is 0.484 e. The lowest BCUT2D eigenvalue weighted by Crippen LogP contribution is -2.45. The summed E-state index contributed by atoms with van der Waals surface area (Å²) in [6, 6.07) is 11.9. The van der Waals surface area contributed by atoms with Crippen molar-refractivity contribution in [3.05, 3.63) is 58.1 Å². The maximum absolute atomic E-state index is 11.9. The summed E-state index contributed by atoms with van der Waals surface area (Å²) in [5.41, 5.74) is 6.08. The number of carbonyl (C=O) groups is 3. The third-order valence-corrected chi connectivity index (χ3v) is 5.19. The zero-order valence-corrected chi connectivity index (χ0v) is 19.9. The molecule has 0 fully saturated rings. The number of ether oxygens (including phenoxy) is 3. The Kier molecular flexibility index (Phi) is 10.0. The van der Waals surface area contributed by atoms with Crippen LogP contribution in [0, 0.1) is 0 Å². The molecule has 0 aliphatic carbocycles. The molecule has 0 heterocycles. The molecule has 2 aromatic rings. The van der Waals surface area contributed by atoms with E-state index in [1.807, 2.05) is 12.1 Å². The first kappa shape index (κ1) is 25.2. The van der Waals surface area contributed by atoms with Crippen molar-refractivity contribution in [1.82, 2.24) is 10.9 Å². The quantitative estimate of drug-likeness (QED) is 0.375. The molecule has 32 heavy (non-hydrogen) atoms. The molecular formula is C23H27BrN2O6. The number of hydrogen-bond donors (Lipinski definition) is 2. The zero-order valence-electron chi connectivity index (χ0n) is 18.3. The Balaban J connectivity index is 1.72. The molecule has 2 amide bonds. The predicted octanol–water partition coefficient (Wildman–Crippen LogP) is 3.74. The van der Waals surface area contributed by atoms with Crippen LogP contribution in [0.25, 0.3) is 0 Å². The summed E-state index contributed by atoms with van der Waals surface area (Å²) in [5, 5.41) is 0. The van der Waals surface area contributed by atoms with Crippen LogP contribution < -0.4 is 20.3 Å². The van der Waals surface area contributed by atoms with Crippen molar-refractivity contribution in [2.75, 3.05) is 19.8 Å². The van der Waals surface area contributed by atoms with Crippen molar-refractivity contribution < 1.29 is 28.6 Å². The number of hydrogen-bond acceptors (Lipinski definition) is 6. The van der Waals surface area contributed by atoms with Gasteiger partial charge in [-0.05, 0) is 77.2 Å². The number of rotatable bonds is 10. The van der Waals surface area contributed by atoms with Gasteiger partial charge in [-0.25, -0.2) is 4.79 Å². The molecule has 0 saturated heterocycles. The second-order valence-electron chi connectivity index (χ2n) is 6.92. The van der Waals surface area contributed by atoms with Gasteiger partial charge in [0.2, 0.25) is 0 Å². The van der Waals surface area contributed by atoms with Crippen LogP contribution in [0.3, 0.4) is 0 Å². The van der Waals surface area contributed by atoms with Crippen molar-refractivity contribution in [3.8, 4) is 11.5 Å². The van der Waals surface area contributed by atoms with Gasteiger partial charge in [-0.15, -0.1) is 0 Å². The van der Waals surface area contributed by atoms with E-state index in [-0.39, 0.29) is 19.8 Å². The lowest BCUT2D eigenvalue weighted by atomic mass is 9.99. The Morgan fingerprint density at radius 1 is 0.938 bits per heavy atom. The molecule has 9 heteroatoms. The van der Waals surface area contributed by atoms with E-state index in [0.717, 1.165) is 10.9 Å².